The van der Waals surface area contributed by atoms with Crippen molar-refractivity contribution in [2.75, 3.05) is 0 Å². The Morgan fingerprint density at radius 2 is 1.55 bits per heavy atom. The summed E-state index contributed by atoms with van der Waals surface area (Å²) in [5, 5.41) is 6.05. The molecule has 0 amide bonds. The maximum absolute atomic E-state index is 12.2. The molecule has 0 aliphatic rings. The predicted molar refractivity (Wildman–Crippen MR) is 38.0 cm³/mol. The van der Waals surface area contributed by atoms with Gasteiger partial charge >= 0.3 is 0 Å². The van der Waals surface area contributed by atoms with Crippen molar-refractivity contribution in [1.82, 2.24) is 0 Å². The maximum Gasteiger partial charge on any atom is 0.144 e. The van der Waals surface area contributed by atoms with Gasteiger partial charge in [0.25, 0.3) is 0 Å². The van der Waals surface area contributed by atoms with Crippen LogP contribution in [0.4, 0.5) is 8.78 Å². The lowest BCUT2D eigenvalue weighted by Gasteiger charge is -1.91. The zero-order valence-electron chi connectivity index (χ0n) is 5.39. The van der Waals surface area contributed by atoms with Crippen LogP contribution in [0.3, 0.4) is 0 Å². The molecule has 58 valence electrons. The second-order valence-corrected chi connectivity index (χ2v) is 1.91. The van der Waals surface area contributed by atoms with E-state index in [-0.39, 0.29) is 0 Å². The van der Waals surface area contributed by atoms with Gasteiger partial charge in [-0.05, 0) is 12.1 Å². The van der Waals surface area contributed by atoms with Crippen LogP contribution in [0.25, 0.3) is 0 Å². The molecule has 0 spiro atoms. The first-order valence-electron chi connectivity index (χ1n) is 2.57. The lowest BCUT2D eigenvalue weighted by Crippen LogP contribution is -1.79. The van der Waals surface area contributed by atoms with Crippen molar-refractivity contribution < 1.29 is 8.78 Å². The lowest BCUT2D eigenvalue weighted by atomic mass is 10.3. The Morgan fingerprint density at radius 1 is 1.18 bits per heavy atom. The number of nitriles is 1. The largest absolute Gasteiger partial charge is 0.205 e. The highest BCUT2D eigenvalue weighted by Crippen LogP contribution is 2.16. The van der Waals surface area contributed by atoms with Crippen LogP contribution < -0.4 is 0 Å². The van der Waals surface area contributed by atoms with Crippen LogP contribution in [0.15, 0.2) is 18.2 Å². The number of nitrogens with zero attached hydrogens (tertiary/aromatic N) is 1. The highest BCUT2D eigenvalue weighted by Gasteiger charge is 2.02. The Labute approximate surface area is 67.8 Å². The molecule has 0 N–H and O–H groups in total. The minimum absolute atomic E-state index is 0.447. The zero-order chi connectivity index (χ0) is 8.85. The second-order valence-electron chi connectivity index (χ2n) is 1.54. The summed E-state index contributed by atoms with van der Waals surface area (Å²) in [5.41, 5.74) is 0. The van der Waals surface area contributed by atoms with Gasteiger partial charge in [0.1, 0.15) is 16.7 Å². The van der Waals surface area contributed by atoms with Gasteiger partial charge in [-0.15, -0.1) is 0 Å². The molecule has 0 saturated carbocycles. The minimum atomic E-state index is -0.725. The van der Waals surface area contributed by atoms with Gasteiger partial charge in [0.05, 0.1) is 0 Å². The average Bonchev–Trinajstić information content (AvgIpc) is 2.04. The molecule has 1 aromatic carbocycles. The molecule has 1 rings (SSSR count). The summed E-state index contributed by atoms with van der Waals surface area (Å²) in [6.45, 7) is 3.50. The van der Waals surface area contributed by atoms with E-state index in [4.69, 9.17) is 16.9 Å². The Kier molecular flexibility index (Phi) is 4.16. The van der Waals surface area contributed by atoms with Crippen molar-refractivity contribution in [2.24, 2.45) is 0 Å². The molecule has 0 aliphatic heterocycles. The molecule has 0 fully saturated rings. The molecule has 4 heteroatoms. The SMILES string of the molecule is C#N.Fc1cccc(F)c1Cl. The van der Waals surface area contributed by atoms with Crippen LogP contribution in [-0.2, 0) is 0 Å². The molecule has 0 aliphatic carbocycles. The first-order chi connectivity index (χ1) is 5.22. The van der Waals surface area contributed by atoms with Crippen molar-refractivity contribution in [3.8, 4) is 6.57 Å². The monoisotopic (exact) mass is 175 g/mol. The molecule has 0 unspecified atom stereocenters. The maximum atomic E-state index is 12.2. The standard InChI is InChI=1S/C6H3ClF2.CHN/c7-6-4(8)2-1-3-5(6)9;1-2/h1-3H;1H. The quantitative estimate of drug-likeness (QED) is 0.557. The third-order valence-corrected chi connectivity index (χ3v) is 1.27. The van der Waals surface area contributed by atoms with Gasteiger partial charge in [0.2, 0.25) is 0 Å². The fourth-order valence-corrected chi connectivity index (χ4v) is 0.603. The van der Waals surface area contributed by atoms with E-state index in [9.17, 15) is 8.78 Å². The molecule has 11 heavy (non-hydrogen) atoms. The topological polar surface area (TPSA) is 23.8 Å². The zero-order valence-corrected chi connectivity index (χ0v) is 6.15. The van der Waals surface area contributed by atoms with E-state index in [1.54, 1.807) is 0 Å². The van der Waals surface area contributed by atoms with Crippen molar-refractivity contribution >= 4 is 11.6 Å². The average molecular weight is 176 g/mol. The molecule has 1 aromatic rings. The lowest BCUT2D eigenvalue weighted by molar-refractivity contribution is 0.584. The summed E-state index contributed by atoms with van der Waals surface area (Å²) < 4.78 is 24.4. The van der Waals surface area contributed by atoms with E-state index in [2.05, 4.69) is 6.57 Å². The number of halogens is 3. The highest BCUT2D eigenvalue weighted by molar-refractivity contribution is 6.30. The van der Waals surface area contributed by atoms with Gasteiger partial charge in [-0.25, -0.2) is 14.0 Å². The van der Waals surface area contributed by atoms with Gasteiger partial charge in [-0.3, -0.25) is 0 Å². The fraction of sp³-hybridized carbons (Fsp3) is 0. The summed E-state index contributed by atoms with van der Waals surface area (Å²) in [6.07, 6.45) is 0. The van der Waals surface area contributed by atoms with E-state index in [0.29, 0.717) is 0 Å². The molecule has 0 radical (unpaired) electrons. The number of rotatable bonds is 0. The molecule has 0 atom stereocenters. The van der Waals surface area contributed by atoms with Crippen LogP contribution in [0, 0.1) is 23.5 Å². The summed E-state index contributed by atoms with van der Waals surface area (Å²) in [5.74, 6) is -1.45. The van der Waals surface area contributed by atoms with Gasteiger partial charge < -0.3 is 0 Å². The number of hydrogen-bond acceptors (Lipinski definition) is 1. The first-order valence-corrected chi connectivity index (χ1v) is 2.95. The van der Waals surface area contributed by atoms with Crippen LogP contribution in [0.2, 0.25) is 5.02 Å². The summed E-state index contributed by atoms with van der Waals surface area (Å²) in [6, 6.07) is 3.47. The second kappa shape index (κ2) is 4.64. The van der Waals surface area contributed by atoms with E-state index < -0.39 is 16.7 Å². The van der Waals surface area contributed by atoms with Crippen molar-refractivity contribution in [1.29, 1.82) is 5.26 Å². The smallest absolute Gasteiger partial charge is 0.144 e. The summed E-state index contributed by atoms with van der Waals surface area (Å²) >= 11 is 5.13. The molecule has 0 heterocycles. The Balaban J connectivity index is 0.000000461. The Bertz CT molecular complexity index is 240. The van der Waals surface area contributed by atoms with Crippen LogP contribution in [-0.4, -0.2) is 0 Å². The molecular formula is C7H4ClF2N. The molecule has 0 aromatic heterocycles. The molecular weight excluding hydrogens is 172 g/mol. The van der Waals surface area contributed by atoms with E-state index >= 15 is 0 Å². The molecule has 0 bridgehead atoms. The van der Waals surface area contributed by atoms with Crippen LogP contribution >= 0.6 is 11.6 Å². The van der Waals surface area contributed by atoms with E-state index in [1.165, 1.54) is 6.07 Å². The third kappa shape index (κ3) is 2.52. The minimum Gasteiger partial charge on any atom is -0.205 e. The van der Waals surface area contributed by atoms with Gasteiger partial charge in [0, 0.05) is 6.57 Å². The summed E-state index contributed by atoms with van der Waals surface area (Å²) in [4.78, 5) is 0. The Hall–Kier alpha value is -1.14. The summed E-state index contributed by atoms with van der Waals surface area (Å²) in [7, 11) is 0. The third-order valence-electron chi connectivity index (χ3n) is 0.904. The normalized spacial score (nSPS) is 8.09. The van der Waals surface area contributed by atoms with E-state index in [1.807, 2.05) is 0 Å². The van der Waals surface area contributed by atoms with Crippen LogP contribution in [0.5, 0.6) is 0 Å². The molecule has 0 saturated heterocycles. The first kappa shape index (κ1) is 9.86. The number of hydrogen-bond donors (Lipinski definition) is 0. The van der Waals surface area contributed by atoms with Crippen molar-refractivity contribution in [2.45, 2.75) is 0 Å². The van der Waals surface area contributed by atoms with Gasteiger partial charge in [0.15, 0.2) is 0 Å². The van der Waals surface area contributed by atoms with Crippen LogP contribution in [0.1, 0.15) is 0 Å². The Morgan fingerprint density at radius 3 is 1.82 bits per heavy atom. The van der Waals surface area contributed by atoms with Crippen molar-refractivity contribution in [3.05, 3.63) is 34.9 Å². The van der Waals surface area contributed by atoms with Gasteiger partial charge in [-0.2, -0.15) is 0 Å². The fourth-order valence-electron chi connectivity index (χ4n) is 0.477. The van der Waals surface area contributed by atoms with E-state index in [0.717, 1.165) is 12.1 Å². The predicted octanol–water partition coefficient (Wildman–Crippen LogP) is 2.76. The number of benzene rings is 1. The molecule has 1 nitrogen and oxygen atoms in total. The highest BCUT2D eigenvalue weighted by atomic mass is 35.5. The van der Waals surface area contributed by atoms with Gasteiger partial charge in [-0.1, -0.05) is 17.7 Å². The van der Waals surface area contributed by atoms with Crippen molar-refractivity contribution in [3.63, 3.8) is 0 Å².